The lowest BCUT2D eigenvalue weighted by atomic mass is 9.82. The highest BCUT2D eigenvalue weighted by Gasteiger charge is 2.46. The summed E-state index contributed by atoms with van der Waals surface area (Å²) < 4.78 is 11.0. The molecule has 1 aromatic carbocycles. The average Bonchev–Trinajstić information content (AvgIpc) is 3.89. The molecule has 15 heteroatoms. The number of rotatable bonds is 13. The lowest BCUT2D eigenvalue weighted by Gasteiger charge is -2.35. The summed E-state index contributed by atoms with van der Waals surface area (Å²) in [6, 6.07) is 3.05. The second-order valence-electron chi connectivity index (χ2n) is 16.6. The molecule has 2 saturated carbocycles. The molecule has 0 spiro atoms. The quantitative estimate of drug-likeness (QED) is 0.188. The zero-order valence-electron chi connectivity index (χ0n) is 32.9. The predicted octanol–water partition coefficient (Wildman–Crippen LogP) is 2.91. The van der Waals surface area contributed by atoms with Gasteiger partial charge in [0, 0.05) is 25.6 Å². The van der Waals surface area contributed by atoms with Crippen molar-refractivity contribution in [3.05, 3.63) is 35.4 Å². The molecule has 4 aliphatic rings. The first kappa shape index (κ1) is 41.8. The maximum absolute atomic E-state index is 14.3. The number of nitrogens with zero attached hydrogens (tertiary/aromatic N) is 2. The molecule has 2 unspecified atom stereocenters. The SMILES string of the molecule is CCCC(NC(=O)N1C[C@@H](OC(=O)N2CCc3ccccc3C2)C[C@H]1C(=O)N[C@H](C(=O)N[C@H](C(=O)OC)C1CCCCC1)C(C)(C)C)C(O)C(=O)NC1CC1. The van der Waals surface area contributed by atoms with Gasteiger partial charge in [0.05, 0.1) is 19.7 Å². The van der Waals surface area contributed by atoms with Crippen molar-refractivity contribution in [2.75, 3.05) is 20.2 Å². The summed E-state index contributed by atoms with van der Waals surface area (Å²) in [5, 5.41) is 22.2. The van der Waals surface area contributed by atoms with E-state index in [9.17, 15) is 33.9 Å². The van der Waals surface area contributed by atoms with Crippen molar-refractivity contribution in [1.29, 1.82) is 0 Å². The summed E-state index contributed by atoms with van der Waals surface area (Å²) >= 11 is 0. The number of hydrogen-bond donors (Lipinski definition) is 5. The molecule has 6 amide bonds. The Morgan fingerprint density at radius 3 is 2.25 bits per heavy atom. The number of esters is 1. The van der Waals surface area contributed by atoms with E-state index in [-0.39, 0.29) is 24.9 Å². The number of methoxy groups -OCH3 is 1. The topological polar surface area (TPSA) is 196 Å². The maximum atomic E-state index is 14.3. The molecule has 2 heterocycles. The third-order valence-corrected chi connectivity index (χ3v) is 11.3. The van der Waals surface area contributed by atoms with E-state index in [1.54, 1.807) is 25.7 Å². The van der Waals surface area contributed by atoms with Crippen LogP contribution in [-0.2, 0) is 41.6 Å². The minimum absolute atomic E-state index is 0.00846. The smallest absolute Gasteiger partial charge is 0.410 e. The Kier molecular flexibility index (Phi) is 14.0. The fraction of sp³-hybridized carbons (Fsp3) is 0.700. The molecule has 2 aliphatic carbocycles. The Morgan fingerprint density at radius 2 is 1.62 bits per heavy atom. The first-order valence-electron chi connectivity index (χ1n) is 20.0. The van der Waals surface area contributed by atoms with E-state index in [4.69, 9.17) is 9.47 Å². The predicted molar refractivity (Wildman–Crippen MR) is 202 cm³/mol. The molecular formula is C40H60N6O9. The highest BCUT2D eigenvalue weighted by atomic mass is 16.6. The summed E-state index contributed by atoms with van der Waals surface area (Å²) in [7, 11) is 1.28. The molecule has 1 saturated heterocycles. The van der Waals surface area contributed by atoms with Crippen molar-refractivity contribution in [2.24, 2.45) is 11.3 Å². The normalized spacial score (nSPS) is 22.3. The number of hydrogen-bond acceptors (Lipinski definition) is 9. The van der Waals surface area contributed by atoms with Gasteiger partial charge in [-0.2, -0.15) is 0 Å². The molecule has 15 nitrogen and oxygen atoms in total. The van der Waals surface area contributed by atoms with Crippen LogP contribution in [0.5, 0.6) is 0 Å². The van der Waals surface area contributed by atoms with Crippen molar-refractivity contribution >= 4 is 35.8 Å². The summed E-state index contributed by atoms with van der Waals surface area (Å²) in [4.78, 5) is 84.3. The van der Waals surface area contributed by atoms with Crippen LogP contribution in [0.4, 0.5) is 9.59 Å². The van der Waals surface area contributed by atoms with E-state index in [1.165, 1.54) is 12.0 Å². The second kappa shape index (κ2) is 18.5. The minimum Gasteiger partial charge on any atom is -0.467 e. The van der Waals surface area contributed by atoms with Crippen LogP contribution >= 0.6 is 0 Å². The highest BCUT2D eigenvalue weighted by molar-refractivity contribution is 5.94. The van der Waals surface area contributed by atoms with E-state index >= 15 is 0 Å². The van der Waals surface area contributed by atoms with E-state index in [2.05, 4.69) is 21.3 Å². The lowest BCUT2D eigenvalue weighted by Crippen LogP contribution is -2.61. The molecule has 55 heavy (non-hydrogen) atoms. The van der Waals surface area contributed by atoms with Crippen molar-refractivity contribution in [2.45, 2.75) is 147 Å². The van der Waals surface area contributed by atoms with E-state index in [0.29, 0.717) is 32.4 Å². The summed E-state index contributed by atoms with van der Waals surface area (Å²) in [5.74, 6) is -2.44. The molecule has 1 aromatic rings. The maximum Gasteiger partial charge on any atom is 0.410 e. The molecule has 3 fully saturated rings. The van der Waals surface area contributed by atoms with Crippen molar-refractivity contribution in [3.63, 3.8) is 0 Å². The van der Waals surface area contributed by atoms with E-state index in [0.717, 1.165) is 56.1 Å². The van der Waals surface area contributed by atoms with Crippen LogP contribution < -0.4 is 21.3 Å². The van der Waals surface area contributed by atoms with Gasteiger partial charge in [-0.1, -0.05) is 77.6 Å². The second-order valence-corrected chi connectivity index (χ2v) is 16.6. The van der Waals surface area contributed by atoms with E-state index in [1.807, 2.05) is 31.2 Å². The number of benzene rings is 1. The van der Waals surface area contributed by atoms with Crippen LogP contribution in [0.15, 0.2) is 24.3 Å². The van der Waals surface area contributed by atoms with Gasteiger partial charge in [0.25, 0.3) is 5.91 Å². The van der Waals surface area contributed by atoms with Gasteiger partial charge in [-0.25, -0.2) is 14.4 Å². The Hall–Kier alpha value is -4.40. The summed E-state index contributed by atoms with van der Waals surface area (Å²) in [5.41, 5.74) is 1.36. The molecule has 6 atom stereocenters. The first-order valence-corrected chi connectivity index (χ1v) is 20.0. The fourth-order valence-electron chi connectivity index (χ4n) is 7.90. The number of fused-ring (bicyclic) bond motifs is 1. The van der Waals surface area contributed by atoms with Crippen LogP contribution in [0.1, 0.15) is 103 Å². The number of aliphatic hydroxyl groups excluding tert-OH is 1. The number of urea groups is 1. The van der Waals surface area contributed by atoms with Crippen LogP contribution in [0.25, 0.3) is 0 Å². The third-order valence-electron chi connectivity index (χ3n) is 11.3. The minimum atomic E-state index is -1.52. The number of carbonyl (C=O) groups is 6. The molecule has 0 radical (unpaired) electrons. The number of nitrogens with one attached hydrogen (secondary N) is 4. The number of likely N-dealkylation sites (tertiary alicyclic amines) is 1. The lowest BCUT2D eigenvalue weighted by molar-refractivity contribution is -0.148. The average molecular weight is 769 g/mol. The monoisotopic (exact) mass is 768 g/mol. The molecular weight excluding hydrogens is 708 g/mol. The Balaban J connectivity index is 1.34. The van der Waals surface area contributed by atoms with Gasteiger partial charge < -0.3 is 45.6 Å². The van der Waals surface area contributed by atoms with Gasteiger partial charge in [0.2, 0.25) is 11.8 Å². The zero-order valence-corrected chi connectivity index (χ0v) is 32.9. The number of amides is 6. The Bertz CT molecular complexity index is 1560. The van der Waals surface area contributed by atoms with Crippen molar-refractivity contribution < 1.29 is 43.3 Å². The first-order chi connectivity index (χ1) is 26.2. The zero-order chi connectivity index (χ0) is 39.9. The van der Waals surface area contributed by atoms with Gasteiger partial charge in [0.15, 0.2) is 6.10 Å². The molecule has 0 aromatic heterocycles. The number of aliphatic hydroxyl groups is 1. The summed E-state index contributed by atoms with van der Waals surface area (Å²) in [6.07, 6.45) is 4.61. The van der Waals surface area contributed by atoms with Crippen LogP contribution in [-0.4, -0.2) is 113 Å². The molecule has 5 N–H and O–H groups in total. The van der Waals surface area contributed by atoms with E-state index < -0.39 is 77.6 Å². The molecule has 304 valence electrons. The van der Waals surface area contributed by atoms with Crippen molar-refractivity contribution in [1.82, 2.24) is 31.1 Å². The number of carbonyl (C=O) groups excluding carboxylic acids is 6. The van der Waals surface area contributed by atoms with Gasteiger partial charge in [-0.05, 0) is 61.0 Å². The van der Waals surface area contributed by atoms with Crippen molar-refractivity contribution in [3.8, 4) is 0 Å². The fourth-order valence-corrected chi connectivity index (χ4v) is 7.90. The molecule has 0 bridgehead atoms. The standard InChI is InChI=1S/C40H60N6O9/c1-6-12-29(32(47)35(49)41-27-17-18-27)42-38(52)46-23-28(55-39(53)45-20-19-24-13-10-11-16-26(24)22-45)21-30(46)34(48)44-33(40(2,3)4)36(50)43-31(37(51)54-5)25-14-8-7-9-15-25/h10-11,13,16,25,27-33,47H,6-9,12,14-15,17-23H2,1-5H3,(H,41,49)(H,42,52)(H,43,50)(H,44,48)/t28-,29?,30-,31-,32?,33+/m0/s1. The van der Waals surface area contributed by atoms with Gasteiger partial charge in [-0.15, -0.1) is 0 Å². The van der Waals surface area contributed by atoms with Crippen LogP contribution in [0.3, 0.4) is 0 Å². The summed E-state index contributed by atoms with van der Waals surface area (Å²) in [6.45, 7) is 7.90. The Labute approximate surface area is 324 Å². The Morgan fingerprint density at radius 1 is 0.927 bits per heavy atom. The van der Waals surface area contributed by atoms with Crippen LogP contribution in [0.2, 0.25) is 0 Å². The largest absolute Gasteiger partial charge is 0.467 e. The van der Waals surface area contributed by atoms with Crippen LogP contribution in [0, 0.1) is 11.3 Å². The van der Waals surface area contributed by atoms with Gasteiger partial charge >= 0.3 is 18.1 Å². The van der Waals surface area contributed by atoms with Gasteiger partial charge in [0.1, 0.15) is 24.2 Å². The third kappa shape index (κ3) is 10.9. The molecule has 5 rings (SSSR count). The number of ether oxygens (including phenoxy) is 2. The van der Waals surface area contributed by atoms with Gasteiger partial charge in [-0.3, -0.25) is 14.4 Å². The molecule has 2 aliphatic heterocycles. The highest BCUT2D eigenvalue weighted by Crippen LogP contribution is 2.29.